The van der Waals surface area contributed by atoms with Gasteiger partial charge in [-0.05, 0) is 12.1 Å². The van der Waals surface area contributed by atoms with Crippen molar-refractivity contribution in [3.8, 4) is 0 Å². The Morgan fingerprint density at radius 1 is 0.611 bits per heavy atom. The number of rotatable bonds is 0. The highest BCUT2D eigenvalue weighted by Crippen LogP contribution is 2.50. The molecule has 92 valence electrons. The van der Waals surface area contributed by atoms with E-state index in [2.05, 4.69) is 0 Å². The van der Waals surface area contributed by atoms with Crippen LogP contribution in [0.5, 0.6) is 0 Å². The van der Waals surface area contributed by atoms with Gasteiger partial charge >= 0.3 is 0 Å². The van der Waals surface area contributed by atoms with Crippen LogP contribution in [-0.2, 0) is 0 Å². The Hall–Kier alpha value is -1.14. The summed E-state index contributed by atoms with van der Waals surface area (Å²) in [5.41, 5.74) is 0. The Balaban J connectivity index is 2.18. The third-order valence-corrected chi connectivity index (χ3v) is 4.95. The lowest BCUT2D eigenvalue weighted by Gasteiger charge is -2.19. The van der Waals surface area contributed by atoms with Gasteiger partial charge in [-0.1, -0.05) is 23.5 Å². The second-order valence-corrected chi connectivity index (χ2v) is 5.74. The average Bonchev–Trinajstić information content (AvgIpc) is 2.27. The lowest BCUT2D eigenvalue weighted by molar-refractivity contribution is 0.547. The summed E-state index contributed by atoms with van der Waals surface area (Å²) in [6.45, 7) is 0. The van der Waals surface area contributed by atoms with Crippen molar-refractivity contribution in [2.45, 2.75) is 19.6 Å². The van der Waals surface area contributed by atoms with Gasteiger partial charge in [0.15, 0.2) is 0 Å². The van der Waals surface area contributed by atoms with Crippen molar-refractivity contribution in [2.75, 3.05) is 0 Å². The molecule has 1 aliphatic heterocycles. The summed E-state index contributed by atoms with van der Waals surface area (Å²) in [4.78, 5) is 0.990. The first-order chi connectivity index (χ1) is 8.54. The number of fused-ring (bicyclic) bond motifs is 2. The summed E-state index contributed by atoms with van der Waals surface area (Å²) in [6.07, 6.45) is 0. The zero-order valence-electron chi connectivity index (χ0n) is 8.64. The molecule has 2 aromatic rings. The van der Waals surface area contributed by atoms with Crippen LogP contribution in [0.25, 0.3) is 0 Å². The van der Waals surface area contributed by atoms with Crippen LogP contribution in [0.2, 0.25) is 0 Å². The van der Waals surface area contributed by atoms with Gasteiger partial charge in [0, 0.05) is 21.9 Å². The quantitative estimate of drug-likeness (QED) is 0.542. The van der Waals surface area contributed by atoms with Crippen LogP contribution in [0, 0.1) is 23.3 Å². The van der Waals surface area contributed by atoms with Gasteiger partial charge in [0.2, 0.25) is 0 Å². The molecule has 0 radical (unpaired) electrons. The van der Waals surface area contributed by atoms with Crippen molar-refractivity contribution in [1.82, 2.24) is 0 Å². The van der Waals surface area contributed by atoms with E-state index >= 15 is 0 Å². The molecule has 0 atom stereocenters. The second kappa shape index (κ2) is 4.20. The minimum absolute atomic E-state index is 0.193. The van der Waals surface area contributed by atoms with Crippen molar-refractivity contribution in [2.24, 2.45) is 0 Å². The SMILES string of the molecule is Fc1cc(F)c2c(c1)Sc1c(F)cc(F)cc1S2. The monoisotopic (exact) mass is 288 g/mol. The molecule has 0 amide bonds. The Morgan fingerprint density at radius 2 is 1.00 bits per heavy atom. The summed E-state index contributed by atoms with van der Waals surface area (Å²) < 4.78 is 53.3. The molecule has 0 bridgehead atoms. The van der Waals surface area contributed by atoms with E-state index in [1.807, 2.05) is 0 Å². The highest BCUT2D eigenvalue weighted by molar-refractivity contribution is 8.05. The normalized spacial score (nSPS) is 13.1. The molecule has 6 heteroatoms. The van der Waals surface area contributed by atoms with Crippen LogP contribution in [0.4, 0.5) is 17.6 Å². The maximum absolute atomic E-state index is 13.6. The third kappa shape index (κ3) is 1.89. The topological polar surface area (TPSA) is 0 Å². The van der Waals surface area contributed by atoms with Gasteiger partial charge in [0.05, 0.1) is 9.79 Å². The minimum atomic E-state index is -0.724. The van der Waals surface area contributed by atoms with Crippen molar-refractivity contribution >= 4 is 23.5 Å². The van der Waals surface area contributed by atoms with Crippen molar-refractivity contribution < 1.29 is 17.6 Å². The fourth-order valence-electron chi connectivity index (χ4n) is 1.64. The summed E-state index contributed by atoms with van der Waals surface area (Å²) in [7, 11) is 0. The summed E-state index contributed by atoms with van der Waals surface area (Å²) in [5, 5.41) is 0. The Morgan fingerprint density at radius 3 is 1.39 bits per heavy atom. The molecule has 0 aliphatic carbocycles. The van der Waals surface area contributed by atoms with Crippen molar-refractivity contribution in [3.05, 3.63) is 47.5 Å². The second-order valence-electron chi connectivity index (χ2n) is 3.63. The van der Waals surface area contributed by atoms with E-state index in [0.717, 1.165) is 47.8 Å². The molecule has 0 nitrogen and oxygen atoms in total. The van der Waals surface area contributed by atoms with Gasteiger partial charge in [-0.15, -0.1) is 0 Å². The first-order valence-corrected chi connectivity index (χ1v) is 6.51. The lowest BCUT2D eigenvalue weighted by atomic mass is 10.3. The molecule has 0 N–H and O–H groups in total. The van der Waals surface area contributed by atoms with Crippen LogP contribution >= 0.6 is 23.5 Å². The van der Waals surface area contributed by atoms with Crippen LogP contribution in [-0.4, -0.2) is 0 Å². The van der Waals surface area contributed by atoms with E-state index in [4.69, 9.17) is 0 Å². The molecule has 0 fully saturated rings. The van der Waals surface area contributed by atoms with E-state index < -0.39 is 23.3 Å². The Kier molecular flexibility index (Phi) is 2.79. The van der Waals surface area contributed by atoms with Crippen LogP contribution in [0.3, 0.4) is 0 Å². The highest BCUT2D eigenvalue weighted by atomic mass is 32.2. The van der Waals surface area contributed by atoms with Gasteiger partial charge in [-0.3, -0.25) is 0 Å². The molecule has 0 unspecified atom stereocenters. The molecule has 0 saturated heterocycles. The molecule has 2 aromatic carbocycles. The number of hydrogen-bond donors (Lipinski definition) is 0. The predicted octanol–water partition coefficient (Wildman–Crippen LogP) is 4.86. The molecule has 1 heterocycles. The van der Waals surface area contributed by atoms with Crippen molar-refractivity contribution in [1.29, 1.82) is 0 Å². The van der Waals surface area contributed by atoms with Crippen LogP contribution in [0.15, 0.2) is 43.8 Å². The van der Waals surface area contributed by atoms with Crippen LogP contribution < -0.4 is 0 Å². The Labute approximate surface area is 108 Å². The van der Waals surface area contributed by atoms with E-state index in [0.29, 0.717) is 9.79 Å². The molecule has 3 rings (SSSR count). The third-order valence-electron chi connectivity index (χ3n) is 2.37. The fourth-order valence-corrected chi connectivity index (χ4v) is 3.94. The fraction of sp³-hybridized carbons (Fsp3) is 0. The maximum Gasteiger partial charge on any atom is 0.141 e. The average molecular weight is 288 g/mol. The first-order valence-electron chi connectivity index (χ1n) is 4.88. The molecule has 18 heavy (non-hydrogen) atoms. The molecular formula is C12H4F4S2. The van der Waals surface area contributed by atoms with Gasteiger partial charge < -0.3 is 0 Å². The van der Waals surface area contributed by atoms with Gasteiger partial charge in [0.1, 0.15) is 23.3 Å². The number of halogens is 4. The predicted molar refractivity (Wildman–Crippen MR) is 61.0 cm³/mol. The summed E-state index contributed by atoms with van der Waals surface area (Å²) in [5.74, 6) is -2.88. The number of benzene rings is 2. The van der Waals surface area contributed by atoms with E-state index in [-0.39, 0.29) is 9.79 Å². The standard InChI is InChI=1S/C12H4F4S2/c13-5-1-7(15)11-9(3-5)18-12-8(16)2-6(14)4-10(12)17-11/h1-4H. The minimum Gasteiger partial charge on any atom is -0.207 e. The Bertz CT molecular complexity index is 598. The summed E-state index contributed by atoms with van der Waals surface area (Å²) in [6, 6.07) is 3.80. The molecule has 0 aromatic heterocycles. The molecular weight excluding hydrogens is 284 g/mol. The molecule has 1 aliphatic rings. The highest BCUT2D eigenvalue weighted by Gasteiger charge is 2.24. The molecule has 0 saturated carbocycles. The van der Waals surface area contributed by atoms with Crippen LogP contribution in [0.1, 0.15) is 0 Å². The van der Waals surface area contributed by atoms with Gasteiger partial charge in [-0.25, -0.2) is 17.6 Å². The molecule has 0 spiro atoms. The van der Waals surface area contributed by atoms with E-state index in [1.165, 1.54) is 0 Å². The lowest BCUT2D eigenvalue weighted by Crippen LogP contribution is -1.97. The maximum atomic E-state index is 13.6. The van der Waals surface area contributed by atoms with Gasteiger partial charge in [-0.2, -0.15) is 0 Å². The zero-order chi connectivity index (χ0) is 12.9. The van der Waals surface area contributed by atoms with Crippen molar-refractivity contribution in [3.63, 3.8) is 0 Å². The number of hydrogen-bond acceptors (Lipinski definition) is 2. The largest absolute Gasteiger partial charge is 0.207 e. The first kappa shape index (κ1) is 11.9. The summed E-state index contributed by atoms with van der Waals surface area (Å²) >= 11 is 1.81. The smallest absolute Gasteiger partial charge is 0.141 e. The zero-order valence-corrected chi connectivity index (χ0v) is 10.3. The van der Waals surface area contributed by atoms with E-state index in [9.17, 15) is 17.6 Å². The van der Waals surface area contributed by atoms with Gasteiger partial charge in [0.25, 0.3) is 0 Å². The van der Waals surface area contributed by atoms with E-state index in [1.54, 1.807) is 0 Å².